The van der Waals surface area contributed by atoms with Gasteiger partial charge in [-0.2, -0.15) is 0 Å². The van der Waals surface area contributed by atoms with Crippen LogP contribution in [0, 0.1) is 4.51 Å². The minimum Gasteiger partial charge on any atom is -0.477 e. The summed E-state index contributed by atoms with van der Waals surface area (Å²) < 4.78 is 0.382. The maximum absolute atomic E-state index is 10.8. The number of nitrogens with one attached hydrogen (secondary N) is 1. The van der Waals surface area contributed by atoms with Crippen LogP contribution in [0.4, 0.5) is 0 Å². The third-order valence-electron chi connectivity index (χ3n) is 2.08. The van der Waals surface area contributed by atoms with E-state index in [1.165, 1.54) is 6.07 Å². The Hall–Kier alpha value is -1.10. The monoisotopic (exact) mass is 273 g/mol. The first kappa shape index (κ1) is 11.4. The van der Waals surface area contributed by atoms with E-state index in [0.29, 0.717) is 25.5 Å². The van der Waals surface area contributed by atoms with Crippen LogP contribution in [0.5, 0.6) is 0 Å². The van der Waals surface area contributed by atoms with Gasteiger partial charge in [0.15, 0.2) is 0 Å². The summed E-state index contributed by atoms with van der Waals surface area (Å²) in [5.74, 6) is -1.08. The standard InChI is InChI=1S/C10H5Cl2NO2S/c11-4-1-5(12)9-6(2-4)13-7(10(14)15)3-8(9)16/h1-3H,(H,13,16)(H,14,15). The summed E-state index contributed by atoms with van der Waals surface area (Å²) >= 11 is 16.9. The molecule has 0 saturated heterocycles. The molecule has 0 saturated carbocycles. The van der Waals surface area contributed by atoms with E-state index < -0.39 is 5.97 Å². The van der Waals surface area contributed by atoms with Gasteiger partial charge in [-0.3, -0.25) is 0 Å². The highest BCUT2D eigenvalue weighted by molar-refractivity contribution is 7.71. The number of aromatic amines is 1. The zero-order valence-electron chi connectivity index (χ0n) is 7.75. The van der Waals surface area contributed by atoms with Crippen LogP contribution in [0.3, 0.4) is 0 Å². The van der Waals surface area contributed by atoms with Crippen molar-refractivity contribution in [1.82, 2.24) is 4.98 Å². The van der Waals surface area contributed by atoms with Crippen LogP contribution < -0.4 is 0 Å². The van der Waals surface area contributed by atoms with Crippen molar-refractivity contribution in [1.29, 1.82) is 0 Å². The number of rotatable bonds is 1. The van der Waals surface area contributed by atoms with Gasteiger partial charge in [0.1, 0.15) is 5.69 Å². The number of halogens is 2. The molecule has 0 aliphatic heterocycles. The Kier molecular flexibility index (Phi) is 2.88. The number of aromatic nitrogens is 1. The van der Waals surface area contributed by atoms with Crippen molar-refractivity contribution in [2.45, 2.75) is 0 Å². The number of carboxylic acids is 1. The fourth-order valence-corrected chi connectivity index (χ4v) is 2.41. The maximum atomic E-state index is 10.8. The normalized spacial score (nSPS) is 10.6. The van der Waals surface area contributed by atoms with Gasteiger partial charge in [-0.05, 0) is 18.2 Å². The molecule has 0 aliphatic carbocycles. The maximum Gasteiger partial charge on any atom is 0.352 e. The van der Waals surface area contributed by atoms with Gasteiger partial charge in [0.25, 0.3) is 0 Å². The molecular weight excluding hydrogens is 269 g/mol. The lowest BCUT2D eigenvalue weighted by Gasteiger charge is -2.04. The first-order valence-electron chi connectivity index (χ1n) is 4.24. The first-order valence-corrected chi connectivity index (χ1v) is 5.41. The summed E-state index contributed by atoms with van der Waals surface area (Å²) in [6, 6.07) is 4.51. The summed E-state index contributed by atoms with van der Waals surface area (Å²) in [4.78, 5) is 13.5. The zero-order chi connectivity index (χ0) is 11.9. The van der Waals surface area contributed by atoms with Crippen molar-refractivity contribution in [3.8, 4) is 0 Å². The third-order valence-corrected chi connectivity index (χ3v) is 2.91. The van der Waals surface area contributed by atoms with E-state index in [-0.39, 0.29) is 5.69 Å². The smallest absolute Gasteiger partial charge is 0.352 e. The average Bonchev–Trinajstić information content (AvgIpc) is 2.15. The molecule has 2 aromatic rings. The molecule has 0 unspecified atom stereocenters. The molecule has 16 heavy (non-hydrogen) atoms. The van der Waals surface area contributed by atoms with Crippen LogP contribution in [0.2, 0.25) is 10.0 Å². The second-order valence-corrected chi connectivity index (χ2v) is 4.45. The Morgan fingerprint density at radius 2 is 2.00 bits per heavy atom. The fraction of sp³-hybridized carbons (Fsp3) is 0. The van der Waals surface area contributed by atoms with Crippen molar-refractivity contribution < 1.29 is 9.90 Å². The first-order chi connectivity index (χ1) is 7.49. The summed E-state index contributed by atoms with van der Waals surface area (Å²) in [5, 5.41) is 10.3. The van der Waals surface area contributed by atoms with Crippen LogP contribution in [0.15, 0.2) is 18.2 Å². The minimum atomic E-state index is -1.08. The van der Waals surface area contributed by atoms with Crippen molar-refractivity contribution in [3.63, 3.8) is 0 Å². The molecule has 1 aromatic carbocycles. The molecular formula is C10H5Cl2NO2S. The number of carboxylic acid groups (broad SMARTS) is 1. The second kappa shape index (κ2) is 4.05. The Morgan fingerprint density at radius 3 is 2.62 bits per heavy atom. The number of aromatic carboxylic acids is 1. The van der Waals surface area contributed by atoms with Gasteiger partial charge < -0.3 is 10.1 Å². The molecule has 0 atom stereocenters. The van der Waals surface area contributed by atoms with Crippen LogP contribution in [0.1, 0.15) is 10.5 Å². The van der Waals surface area contributed by atoms with E-state index in [9.17, 15) is 4.79 Å². The lowest BCUT2D eigenvalue weighted by Crippen LogP contribution is -2.00. The number of benzene rings is 1. The summed E-state index contributed by atoms with van der Waals surface area (Å²) in [7, 11) is 0. The predicted molar refractivity (Wildman–Crippen MR) is 66.1 cm³/mol. The zero-order valence-corrected chi connectivity index (χ0v) is 10.1. The lowest BCUT2D eigenvalue weighted by atomic mass is 10.2. The molecule has 82 valence electrons. The van der Waals surface area contributed by atoms with Crippen LogP contribution >= 0.6 is 35.4 Å². The highest BCUT2D eigenvalue weighted by atomic mass is 35.5. The number of fused-ring (bicyclic) bond motifs is 1. The molecule has 2 N–H and O–H groups in total. The number of pyridine rings is 1. The molecule has 1 heterocycles. The second-order valence-electron chi connectivity index (χ2n) is 3.16. The van der Waals surface area contributed by atoms with Gasteiger partial charge in [0, 0.05) is 10.4 Å². The summed E-state index contributed by atoms with van der Waals surface area (Å²) in [6.45, 7) is 0. The predicted octanol–water partition coefficient (Wildman–Crippen LogP) is 3.90. The number of carbonyl (C=O) groups is 1. The lowest BCUT2D eigenvalue weighted by molar-refractivity contribution is 0.0691. The fourth-order valence-electron chi connectivity index (χ4n) is 1.42. The van der Waals surface area contributed by atoms with E-state index in [1.807, 2.05) is 0 Å². The van der Waals surface area contributed by atoms with Crippen molar-refractivity contribution in [2.24, 2.45) is 0 Å². The highest BCUT2D eigenvalue weighted by Gasteiger charge is 2.09. The molecule has 2 rings (SSSR count). The molecule has 0 radical (unpaired) electrons. The molecule has 6 heteroatoms. The quantitative estimate of drug-likeness (QED) is 0.775. The molecule has 3 nitrogen and oxygen atoms in total. The number of hydrogen-bond acceptors (Lipinski definition) is 2. The SMILES string of the molecule is O=C(O)c1cc(=S)c2c(Cl)cc(Cl)cc2[nH]1. The molecule has 1 aromatic heterocycles. The molecule has 0 amide bonds. The molecule has 0 bridgehead atoms. The average molecular weight is 274 g/mol. The van der Waals surface area contributed by atoms with Gasteiger partial charge in [0.2, 0.25) is 0 Å². The highest BCUT2D eigenvalue weighted by Crippen LogP contribution is 2.28. The van der Waals surface area contributed by atoms with Gasteiger partial charge in [0.05, 0.1) is 15.0 Å². The Labute approximate surface area is 106 Å². The van der Waals surface area contributed by atoms with Crippen molar-refractivity contribution in [2.75, 3.05) is 0 Å². The van der Waals surface area contributed by atoms with Gasteiger partial charge >= 0.3 is 5.97 Å². The van der Waals surface area contributed by atoms with Gasteiger partial charge in [-0.15, -0.1) is 0 Å². The molecule has 0 fully saturated rings. The van der Waals surface area contributed by atoms with Crippen LogP contribution in [-0.4, -0.2) is 16.1 Å². The summed E-state index contributed by atoms with van der Waals surface area (Å²) in [6.07, 6.45) is 0. The van der Waals surface area contributed by atoms with E-state index >= 15 is 0 Å². The van der Waals surface area contributed by atoms with Crippen molar-refractivity contribution in [3.05, 3.63) is 38.4 Å². The number of hydrogen-bond donors (Lipinski definition) is 2. The largest absolute Gasteiger partial charge is 0.477 e. The van der Waals surface area contributed by atoms with Crippen molar-refractivity contribution >= 4 is 52.3 Å². The molecule has 0 spiro atoms. The minimum absolute atomic E-state index is 0.0100. The van der Waals surface area contributed by atoms with E-state index in [4.69, 9.17) is 40.5 Å². The molecule has 0 aliphatic rings. The third kappa shape index (κ3) is 1.91. The Bertz CT molecular complexity index is 651. The van der Waals surface area contributed by atoms with Crippen LogP contribution in [0.25, 0.3) is 10.9 Å². The van der Waals surface area contributed by atoms with E-state index in [1.54, 1.807) is 12.1 Å². The van der Waals surface area contributed by atoms with Crippen LogP contribution in [-0.2, 0) is 0 Å². The van der Waals surface area contributed by atoms with Gasteiger partial charge in [-0.1, -0.05) is 35.4 Å². The van der Waals surface area contributed by atoms with Gasteiger partial charge in [-0.25, -0.2) is 4.79 Å². The Balaban J connectivity index is 2.93. The topological polar surface area (TPSA) is 53.1 Å². The summed E-state index contributed by atoms with van der Waals surface area (Å²) in [5.41, 5.74) is 0.526. The van der Waals surface area contributed by atoms with E-state index in [2.05, 4.69) is 4.98 Å². The van der Waals surface area contributed by atoms with E-state index in [0.717, 1.165) is 0 Å². The Morgan fingerprint density at radius 1 is 1.31 bits per heavy atom. The number of H-pyrrole nitrogens is 1.